The highest BCUT2D eigenvalue weighted by Gasteiger charge is 2.18. The molecule has 0 saturated heterocycles. The number of hydrogen-bond acceptors (Lipinski definition) is 6. The molecule has 0 bridgehead atoms. The van der Waals surface area contributed by atoms with Gasteiger partial charge in [-0.2, -0.15) is 0 Å². The number of para-hydroxylation sites is 1. The Morgan fingerprint density at radius 2 is 1.81 bits per heavy atom. The van der Waals surface area contributed by atoms with Gasteiger partial charge in [0.2, 0.25) is 5.91 Å². The van der Waals surface area contributed by atoms with Gasteiger partial charge < -0.3 is 9.88 Å². The first-order chi connectivity index (χ1) is 12.6. The van der Waals surface area contributed by atoms with E-state index < -0.39 is 27.0 Å². The summed E-state index contributed by atoms with van der Waals surface area (Å²) in [5.74, 6) is -0.540. The molecule has 0 atom stereocenters. The maximum Gasteiger partial charge on any atom is 0.332 e. The average molecular weight is 391 g/mol. The van der Waals surface area contributed by atoms with Gasteiger partial charge in [-0.15, -0.1) is 0 Å². The summed E-state index contributed by atoms with van der Waals surface area (Å²) in [7, 11) is -0.711. The number of anilines is 1. The zero-order chi connectivity index (χ0) is 19.9. The number of benzene rings is 1. The molecule has 1 amide bonds. The molecular weight excluding hydrogens is 374 g/mol. The lowest BCUT2D eigenvalue weighted by atomic mass is 10.3. The Morgan fingerprint density at radius 3 is 2.48 bits per heavy atom. The van der Waals surface area contributed by atoms with Crippen LogP contribution in [0.3, 0.4) is 0 Å². The largest absolute Gasteiger partial charge is 0.332 e. The lowest BCUT2D eigenvalue weighted by Crippen LogP contribution is -2.37. The van der Waals surface area contributed by atoms with Gasteiger partial charge in [0.1, 0.15) is 6.54 Å². The first-order valence-corrected chi connectivity index (χ1v) is 9.70. The first-order valence-electron chi connectivity index (χ1n) is 7.81. The summed E-state index contributed by atoms with van der Waals surface area (Å²) in [6.45, 7) is -0.276. The Hall–Kier alpha value is -3.21. The first kappa shape index (κ1) is 18.6. The summed E-state index contributed by atoms with van der Waals surface area (Å²) in [6.07, 6.45) is 2.33. The number of sulfone groups is 1. The molecule has 2 aromatic heterocycles. The van der Waals surface area contributed by atoms with Crippen LogP contribution >= 0.6 is 0 Å². The number of nitrogens with one attached hydrogen (secondary N) is 1. The van der Waals surface area contributed by atoms with Gasteiger partial charge >= 0.3 is 5.69 Å². The summed E-state index contributed by atoms with van der Waals surface area (Å²) in [4.78, 5) is 40.8. The molecule has 11 heteroatoms. The summed E-state index contributed by atoms with van der Waals surface area (Å²) in [6, 6.07) is 6.02. The van der Waals surface area contributed by atoms with Gasteiger partial charge in [-0.1, -0.05) is 12.1 Å². The highest BCUT2D eigenvalue weighted by molar-refractivity contribution is 7.90. The molecule has 142 valence electrons. The van der Waals surface area contributed by atoms with E-state index in [-0.39, 0.29) is 28.3 Å². The summed E-state index contributed by atoms with van der Waals surface area (Å²) in [5.41, 5.74) is -0.687. The standard InChI is InChI=1S/C16H17N5O5S/c1-19-14-13(15(23)20(2)16(19)24)21(9-17-14)8-12(22)18-10-6-4-5-7-11(10)27(3,25)26/h4-7,9H,8H2,1-3H3,(H,18,22). The molecule has 3 rings (SSSR count). The van der Waals surface area contributed by atoms with Crippen LogP contribution in [0.4, 0.5) is 5.69 Å². The van der Waals surface area contributed by atoms with Crippen molar-refractivity contribution in [2.45, 2.75) is 11.4 Å². The molecule has 0 fully saturated rings. The molecule has 1 aromatic carbocycles. The SMILES string of the molecule is Cn1c(=O)c2c(ncn2CC(=O)Nc2ccccc2S(C)(=O)=O)n(C)c1=O. The van der Waals surface area contributed by atoms with Crippen LogP contribution in [0.2, 0.25) is 0 Å². The second-order valence-electron chi connectivity index (χ2n) is 6.07. The number of amides is 1. The Morgan fingerprint density at radius 1 is 1.15 bits per heavy atom. The van der Waals surface area contributed by atoms with Gasteiger partial charge in [-0.05, 0) is 12.1 Å². The predicted octanol–water partition coefficient (Wildman–Crippen LogP) is -0.524. The fourth-order valence-corrected chi connectivity index (χ4v) is 3.60. The highest BCUT2D eigenvalue weighted by Crippen LogP contribution is 2.20. The molecule has 27 heavy (non-hydrogen) atoms. The molecular formula is C16H17N5O5S. The summed E-state index contributed by atoms with van der Waals surface area (Å²) < 4.78 is 27.1. The Bertz CT molecular complexity index is 1280. The van der Waals surface area contributed by atoms with Crippen LogP contribution in [-0.4, -0.2) is 39.3 Å². The second-order valence-corrected chi connectivity index (χ2v) is 8.05. The zero-order valence-electron chi connectivity index (χ0n) is 14.8. The average Bonchev–Trinajstić information content (AvgIpc) is 3.01. The van der Waals surface area contributed by atoms with Crippen molar-refractivity contribution < 1.29 is 13.2 Å². The van der Waals surface area contributed by atoms with Crippen molar-refractivity contribution in [3.8, 4) is 0 Å². The fourth-order valence-electron chi connectivity index (χ4n) is 2.75. The Kier molecular flexibility index (Phi) is 4.47. The van der Waals surface area contributed by atoms with Crippen molar-refractivity contribution in [2.24, 2.45) is 14.1 Å². The van der Waals surface area contributed by atoms with E-state index in [1.165, 1.54) is 41.7 Å². The van der Waals surface area contributed by atoms with Gasteiger partial charge in [-0.25, -0.2) is 18.2 Å². The quantitative estimate of drug-likeness (QED) is 0.638. The van der Waals surface area contributed by atoms with Crippen molar-refractivity contribution >= 4 is 32.6 Å². The van der Waals surface area contributed by atoms with E-state index in [1.807, 2.05) is 0 Å². The van der Waals surface area contributed by atoms with E-state index in [0.29, 0.717) is 0 Å². The maximum absolute atomic E-state index is 12.4. The molecule has 0 saturated carbocycles. The maximum atomic E-state index is 12.4. The van der Waals surface area contributed by atoms with E-state index >= 15 is 0 Å². The van der Waals surface area contributed by atoms with Crippen molar-refractivity contribution in [3.05, 3.63) is 51.4 Å². The molecule has 2 heterocycles. The molecule has 0 unspecified atom stereocenters. The minimum Gasteiger partial charge on any atom is -0.323 e. The van der Waals surface area contributed by atoms with Gasteiger partial charge in [0.25, 0.3) is 5.56 Å². The number of imidazole rings is 1. The predicted molar refractivity (Wildman–Crippen MR) is 98.4 cm³/mol. The second kappa shape index (κ2) is 6.50. The van der Waals surface area contributed by atoms with Crippen LogP contribution in [0.1, 0.15) is 0 Å². The Balaban J connectivity index is 1.97. The Labute approximate surface area is 153 Å². The number of nitrogens with zero attached hydrogens (tertiary/aromatic N) is 4. The normalized spacial score (nSPS) is 11.7. The van der Waals surface area contributed by atoms with Gasteiger partial charge in [0, 0.05) is 20.4 Å². The van der Waals surface area contributed by atoms with Crippen LogP contribution in [-0.2, 0) is 35.3 Å². The number of hydrogen-bond donors (Lipinski definition) is 1. The van der Waals surface area contributed by atoms with Gasteiger partial charge in [0.15, 0.2) is 21.0 Å². The summed E-state index contributed by atoms with van der Waals surface area (Å²) >= 11 is 0. The molecule has 0 spiro atoms. The highest BCUT2D eigenvalue weighted by atomic mass is 32.2. The number of aromatic nitrogens is 4. The smallest absolute Gasteiger partial charge is 0.323 e. The molecule has 0 aliphatic rings. The molecule has 0 radical (unpaired) electrons. The minimum absolute atomic E-state index is 0.00727. The molecule has 1 N–H and O–H groups in total. The number of fused-ring (bicyclic) bond motifs is 1. The third-order valence-electron chi connectivity index (χ3n) is 4.09. The number of aryl methyl sites for hydroxylation is 1. The fraction of sp³-hybridized carbons (Fsp3) is 0.250. The van der Waals surface area contributed by atoms with Crippen molar-refractivity contribution in [1.82, 2.24) is 18.7 Å². The van der Waals surface area contributed by atoms with E-state index in [4.69, 9.17) is 0 Å². The summed E-state index contributed by atoms with van der Waals surface area (Å²) in [5, 5.41) is 2.54. The molecule has 10 nitrogen and oxygen atoms in total. The van der Waals surface area contributed by atoms with Gasteiger partial charge in [0.05, 0.1) is 16.9 Å². The van der Waals surface area contributed by atoms with Crippen molar-refractivity contribution in [2.75, 3.05) is 11.6 Å². The van der Waals surface area contributed by atoms with E-state index in [2.05, 4.69) is 10.3 Å². The van der Waals surface area contributed by atoms with Gasteiger partial charge in [-0.3, -0.25) is 18.7 Å². The van der Waals surface area contributed by atoms with E-state index in [0.717, 1.165) is 10.8 Å². The van der Waals surface area contributed by atoms with E-state index in [9.17, 15) is 22.8 Å². The lowest BCUT2D eigenvalue weighted by molar-refractivity contribution is -0.116. The van der Waals surface area contributed by atoms with Crippen LogP contribution in [0, 0.1) is 0 Å². The van der Waals surface area contributed by atoms with E-state index in [1.54, 1.807) is 12.1 Å². The van der Waals surface area contributed by atoms with Crippen LogP contribution < -0.4 is 16.6 Å². The monoisotopic (exact) mass is 391 g/mol. The molecule has 0 aliphatic heterocycles. The van der Waals surface area contributed by atoms with Crippen molar-refractivity contribution in [3.63, 3.8) is 0 Å². The zero-order valence-corrected chi connectivity index (χ0v) is 15.6. The van der Waals surface area contributed by atoms with Crippen LogP contribution in [0.5, 0.6) is 0 Å². The lowest BCUT2D eigenvalue weighted by Gasteiger charge is -2.10. The minimum atomic E-state index is -3.52. The topological polar surface area (TPSA) is 125 Å². The third kappa shape index (κ3) is 3.28. The number of rotatable bonds is 4. The molecule has 3 aromatic rings. The third-order valence-corrected chi connectivity index (χ3v) is 5.25. The molecule has 0 aliphatic carbocycles. The number of carbonyl (C=O) groups excluding carboxylic acids is 1. The van der Waals surface area contributed by atoms with Crippen LogP contribution in [0.25, 0.3) is 11.2 Å². The van der Waals surface area contributed by atoms with Crippen molar-refractivity contribution in [1.29, 1.82) is 0 Å². The van der Waals surface area contributed by atoms with Crippen LogP contribution in [0.15, 0.2) is 45.1 Å². The number of carbonyl (C=O) groups is 1.